The number of carbonyl (C=O) groups is 3. The molecule has 0 fully saturated rings. The van der Waals surface area contributed by atoms with Crippen LogP contribution < -0.4 is 25.8 Å². The Bertz CT molecular complexity index is 1420. The largest absolute Gasteiger partial charge is 0.508 e. The van der Waals surface area contributed by atoms with Gasteiger partial charge in [0.2, 0.25) is 5.91 Å². The van der Waals surface area contributed by atoms with Crippen molar-refractivity contribution >= 4 is 29.5 Å². The summed E-state index contributed by atoms with van der Waals surface area (Å²) in [6.45, 7) is 0.325. The smallest absolute Gasteiger partial charge is 0.343 e. The molecule has 3 aromatic carbocycles. The number of aryl methyl sites for hydroxylation is 2. The van der Waals surface area contributed by atoms with E-state index in [2.05, 4.69) is 10.6 Å². The van der Waals surface area contributed by atoms with E-state index >= 15 is 0 Å². The number of nitrogens with two attached hydrogens (primary N) is 1. The number of esters is 1. The molecule has 1 unspecified atom stereocenters. The van der Waals surface area contributed by atoms with Crippen LogP contribution in [0.3, 0.4) is 0 Å². The van der Waals surface area contributed by atoms with Crippen LogP contribution in [0.5, 0.6) is 17.2 Å². The van der Waals surface area contributed by atoms with Gasteiger partial charge in [-0.05, 0) is 72.4 Å². The maximum Gasteiger partial charge on any atom is 0.343 e. The summed E-state index contributed by atoms with van der Waals surface area (Å²) in [6.07, 6.45) is 1.40. The lowest BCUT2D eigenvalue weighted by molar-refractivity contribution is -0.141. The lowest BCUT2D eigenvalue weighted by atomic mass is 10.0. The summed E-state index contributed by atoms with van der Waals surface area (Å²) in [5.41, 5.74) is 8.43. The van der Waals surface area contributed by atoms with Gasteiger partial charge in [-0.1, -0.05) is 24.3 Å². The van der Waals surface area contributed by atoms with Gasteiger partial charge in [-0.15, -0.1) is 0 Å². The number of hydrogen-bond acceptors (Lipinski definition) is 7. The molecule has 7 N–H and O–H groups in total. The minimum atomic E-state index is -1.17. The zero-order chi connectivity index (χ0) is 28.6. The number of anilines is 1. The molecule has 1 aliphatic rings. The van der Waals surface area contributed by atoms with E-state index in [4.69, 9.17) is 20.6 Å². The number of benzene rings is 3. The van der Waals surface area contributed by atoms with Crippen molar-refractivity contribution in [2.75, 3.05) is 11.9 Å². The summed E-state index contributed by atoms with van der Waals surface area (Å²) >= 11 is 0. The number of phenolic OH excluding ortho intramolecular Hbond substituents is 1. The number of hydrogen-bond donors (Lipinski definition) is 6. The molecule has 11 nitrogen and oxygen atoms in total. The van der Waals surface area contributed by atoms with E-state index < -0.39 is 23.9 Å². The van der Waals surface area contributed by atoms with Crippen LogP contribution in [-0.2, 0) is 28.9 Å². The second kappa shape index (κ2) is 12.7. The van der Waals surface area contributed by atoms with E-state index in [-0.39, 0.29) is 36.7 Å². The number of nitrogens with one attached hydrogen (secondary N) is 3. The van der Waals surface area contributed by atoms with Gasteiger partial charge in [-0.3, -0.25) is 10.2 Å². The number of aromatic hydroxyl groups is 1. The molecule has 0 saturated heterocycles. The fourth-order valence-corrected chi connectivity index (χ4v) is 4.41. The molecule has 1 atom stereocenters. The van der Waals surface area contributed by atoms with Crippen molar-refractivity contribution in [1.82, 2.24) is 5.32 Å². The van der Waals surface area contributed by atoms with Gasteiger partial charge < -0.3 is 36.1 Å². The molecular formula is C29H30N4O7. The fraction of sp³-hybridized carbons (Fsp3) is 0.241. The van der Waals surface area contributed by atoms with Gasteiger partial charge in [0, 0.05) is 18.5 Å². The molecule has 0 spiro atoms. The molecule has 0 bridgehead atoms. The van der Waals surface area contributed by atoms with Gasteiger partial charge in [0.1, 0.15) is 11.8 Å². The first-order valence-corrected chi connectivity index (χ1v) is 12.7. The highest BCUT2D eigenvalue weighted by molar-refractivity contribution is 5.95. The normalized spacial score (nSPS) is 13.4. The van der Waals surface area contributed by atoms with Crippen molar-refractivity contribution in [2.45, 2.75) is 38.1 Å². The van der Waals surface area contributed by atoms with Crippen molar-refractivity contribution in [1.29, 1.82) is 5.41 Å². The molecule has 0 radical (unpaired) electrons. The zero-order valence-electron chi connectivity index (χ0n) is 21.6. The summed E-state index contributed by atoms with van der Waals surface area (Å²) in [5, 5.41) is 31.7. The lowest BCUT2D eigenvalue weighted by Crippen LogP contribution is -2.42. The Morgan fingerprint density at radius 3 is 2.60 bits per heavy atom. The molecule has 1 aliphatic heterocycles. The Kier molecular flexibility index (Phi) is 8.85. The first-order valence-electron chi connectivity index (χ1n) is 12.7. The van der Waals surface area contributed by atoms with Gasteiger partial charge in [0.15, 0.2) is 17.5 Å². The maximum atomic E-state index is 13.1. The lowest BCUT2D eigenvalue weighted by Gasteiger charge is -2.19. The number of amides is 1. The number of ether oxygens (including phenoxy) is 2. The molecular weight excluding hydrogens is 516 g/mol. The average molecular weight is 547 g/mol. The van der Waals surface area contributed by atoms with Crippen molar-refractivity contribution in [3.8, 4) is 17.2 Å². The number of rotatable bonds is 8. The Morgan fingerprint density at radius 2 is 1.88 bits per heavy atom. The van der Waals surface area contributed by atoms with Crippen LogP contribution in [0.4, 0.5) is 5.69 Å². The van der Waals surface area contributed by atoms with Crippen molar-refractivity contribution < 1.29 is 34.1 Å². The van der Waals surface area contributed by atoms with E-state index in [0.717, 1.165) is 5.56 Å². The minimum absolute atomic E-state index is 0.0120. The Balaban J connectivity index is 1.45. The molecule has 0 saturated carbocycles. The summed E-state index contributed by atoms with van der Waals surface area (Å²) in [5.74, 6) is -1.75. The molecule has 0 aliphatic carbocycles. The van der Waals surface area contributed by atoms with Gasteiger partial charge in [-0.2, -0.15) is 0 Å². The SMILES string of the molecule is N=C(N)Nc1ccc2c(c1)CCCOc1c(CCC(=O)NC(Cc3ccc(O)cc3)C(=O)O)cccc1OC2=O. The predicted molar refractivity (Wildman–Crippen MR) is 147 cm³/mol. The van der Waals surface area contributed by atoms with E-state index in [1.54, 1.807) is 48.5 Å². The van der Waals surface area contributed by atoms with E-state index in [1.165, 1.54) is 12.1 Å². The van der Waals surface area contributed by atoms with E-state index in [9.17, 15) is 24.6 Å². The molecule has 4 rings (SSSR count). The van der Waals surface area contributed by atoms with Gasteiger partial charge in [0.05, 0.1) is 12.2 Å². The van der Waals surface area contributed by atoms with E-state index in [0.29, 0.717) is 47.6 Å². The molecule has 0 aromatic heterocycles. The predicted octanol–water partition coefficient (Wildman–Crippen LogP) is 2.99. The summed E-state index contributed by atoms with van der Waals surface area (Å²) in [7, 11) is 0. The molecule has 1 amide bonds. The number of carbonyl (C=O) groups excluding carboxylic acids is 2. The van der Waals surface area contributed by atoms with Crippen LogP contribution in [0.1, 0.15) is 39.9 Å². The Hall–Kier alpha value is -5.06. The van der Waals surface area contributed by atoms with Crippen LogP contribution >= 0.6 is 0 Å². The molecule has 11 heteroatoms. The monoisotopic (exact) mass is 546 g/mol. The topological polar surface area (TPSA) is 184 Å². The molecule has 208 valence electrons. The highest BCUT2D eigenvalue weighted by Crippen LogP contribution is 2.34. The Labute approximate surface area is 230 Å². The van der Waals surface area contributed by atoms with Crippen LogP contribution in [-0.4, -0.2) is 46.7 Å². The number of carboxylic acids is 1. The van der Waals surface area contributed by atoms with Gasteiger partial charge >= 0.3 is 11.9 Å². The highest BCUT2D eigenvalue weighted by Gasteiger charge is 2.23. The molecule has 40 heavy (non-hydrogen) atoms. The highest BCUT2D eigenvalue weighted by atomic mass is 16.6. The van der Waals surface area contributed by atoms with Crippen LogP contribution in [0, 0.1) is 5.41 Å². The second-order valence-electron chi connectivity index (χ2n) is 9.33. The van der Waals surface area contributed by atoms with Crippen molar-refractivity contribution in [2.24, 2.45) is 5.73 Å². The maximum absolute atomic E-state index is 13.1. The van der Waals surface area contributed by atoms with Crippen molar-refractivity contribution in [3.05, 3.63) is 82.9 Å². The zero-order valence-corrected chi connectivity index (χ0v) is 21.6. The third-order valence-electron chi connectivity index (χ3n) is 6.34. The first kappa shape index (κ1) is 28.0. The quantitative estimate of drug-likeness (QED) is 0.107. The number of carboxylic acid groups (broad SMARTS) is 1. The molecule has 1 heterocycles. The van der Waals surface area contributed by atoms with Crippen LogP contribution in [0.2, 0.25) is 0 Å². The number of guanidine groups is 1. The Morgan fingerprint density at radius 1 is 1.10 bits per heavy atom. The second-order valence-corrected chi connectivity index (χ2v) is 9.33. The summed E-state index contributed by atoms with van der Waals surface area (Å²) in [4.78, 5) is 37.5. The molecule has 3 aromatic rings. The first-order chi connectivity index (χ1) is 19.2. The summed E-state index contributed by atoms with van der Waals surface area (Å²) < 4.78 is 11.7. The van der Waals surface area contributed by atoms with Crippen molar-refractivity contribution in [3.63, 3.8) is 0 Å². The minimum Gasteiger partial charge on any atom is -0.508 e. The number of phenols is 1. The number of para-hydroxylation sites is 1. The number of fused-ring (bicyclic) bond motifs is 2. The standard InChI is InChI=1S/C29H30N4O7/c30-29(31)32-20-9-12-22-19(16-20)4-2-14-39-26-18(3-1-5-24(26)40-28(22)38)8-13-25(35)33-23(27(36)37)15-17-6-10-21(34)11-7-17/h1,3,5-7,9-12,16,23,34H,2,4,8,13-15H2,(H,33,35)(H,36,37)(H4,30,31,32). The van der Waals surface area contributed by atoms with Crippen LogP contribution in [0.25, 0.3) is 0 Å². The van der Waals surface area contributed by atoms with Gasteiger partial charge in [0.25, 0.3) is 0 Å². The third-order valence-corrected chi connectivity index (χ3v) is 6.34. The average Bonchev–Trinajstić information content (AvgIpc) is 2.91. The summed E-state index contributed by atoms with van der Waals surface area (Å²) in [6, 6.07) is 15.1. The fourth-order valence-electron chi connectivity index (χ4n) is 4.41. The van der Waals surface area contributed by atoms with Gasteiger partial charge in [-0.25, -0.2) is 9.59 Å². The van der Waals surface area contributed by atoms with E-state index in [1.807, 2.05) is 0 Å². The van der Waals surface area contributed by atoms with Crippen LogP contribution in [0.15, 0.2) is 60.7 Å². The number of aliphatic carboxylic acids is 1. The third kappa shape index (κ3) is 7.28.